The van der Waals surface area contributed by atoms with E-state index in [1.54, 1.807) is 26.2 Å². The second kappa shape index (κ2) is 13.5. The maximum Gasteiger partial charge on any atom is 0.290 e. The van der Waals surface area contributed by atoms with Crippen molar-refractivity contribution in [2.75, 3.05) is 34.5 Å². The molecule has 0 fully saturated rings. The van der Waals surface area contributed by atoms with Crippen molar-refractivity contribution >= 4 is 16.9 Å². The Morgan fingerprint density at radius 1 is 0.818 bits per heavy atom. The van der Waals surface area contributed by atoms with Gasteiger partial charge in [0.15, 0.2) is 28.4 Å². The van der Waals surface area contributed by atoms with Crippen molar-refractivity contribution < 1.29 is 28.2 Å². The molecule has 8 heteroatoms. The van der Waals surface area contributed by atoms with Crippen molar-refractivity contribution in [3.63, 3.8) is 0 Å². The number of hydrogen-bond donors (Lipinski definition) is 0. The van der Waals surface area contributed by atoms with Crippen LogP contribution in [0.2, 0.25) is 0 Å². The van der Waals surface area contributed by atoms with Gasteiger partial charge in [0.25, 0.3) is 5.91 Å². The summed E-state index contributed by atoms with van der Waals surface area (Å²) in [5, 5.41) is 0.472. The van der Waals surface area contributed by atoms with Crippen LogP contribution < -0.4 is 24.4 Å². The van der Waals surface area contributed by atoms with Crippen LogP contribution in [0, 0.1) is 13.8 Å². The molecule has 4 aromatic rings. The zero-order chi connectivity index (χ0) is 31.4. The number of unbranched alkanes of at least 4 members (excludes halogenated alkanes) is 3. The smallest absolute Gasteiger partial charge is 0.290 e. The largest absolute Gasteiger partial charge is 0.493 e. The molecule has 1 aliphatic rings. The Labute approximate surface area is 258 Å². The Morgan fingerprint density at radius 2 is 1.55 bits per heavy atom. The molecule has 0 radical (unpaired) electrons. The zero-order valence-corrected chi connectivity index (χ0v) is 26.5. The van der Waals surface area contributed by atoms with Gasteiger partial charge in [0.1, 0.15) is 5.58 Å². The van der Waals surface area contributed by atoms with Gasteiger partial charge in [-0.1, -0.05) is 44.4 Å². The number of amides is 1. The number of rotatable bonds is 13. The average molecular weight is 600 g/mol. The molecule has 1 amide bonds. The van der Waals surface area contributed by atoms with Crippen LogP contribution >= 0.6 is 0 Å². The van der Waals surface area contributed by atoms with Crippen LogP contribution in [-0.4, -0.2) is 45.3 Å². The van der Waals surface area contributed by atoms with E-state index in [0.717, 1.165) is 41.5 Å². The molecule has 0 saturated carbocycles. The molecule has 5 rings (SSSR count). The van der Waals surface area contributed by atoms with E-state index in [1.165, 1.54) is 6.42 Å². The molecule has 1 atom stereocenters. The minimum absolute atomic E-state index is 0.0852. The number of hydrogen-bond acceptors (Lipinski definition) is 7. The maximum absolute atomic E-state index is 14.2. The fourth-order valence-corrected chi connectivity index (χ4v) is 6.02. The Balaban J connectivity index is 1.56. The first kappa shape index (κ1) is 31.0. The van der Waals surface area contributed by atoms with Gasteiger partial charge in [0, 0.05) is 6.54 Å². The summed E-state index contributed by atoms with van der Waals surface area (Å²) in [5.74, 6) is 2.19. The quantitative estimate of drug-likeness (QED) is 0.150. The van der Waals surface area contributed by atoms with E-state index >= 15 is 0 Å². The number of nitrogens with zero attached hydrogens (tertiary/aromatic N) is 1. The van der Waals surface area contributed by atoms with Crippen LogP contribution in [0.25, 0.3) is 11.0 Å². The van der Waals surface area contributed by atoms with Gasteiger partial charge in [-0.25, -0.2) is 0 Å². The highest BCUT2D eigenvalue weighted by Gasteiger charge is 2.43. The summed E-state index contributed by atoms with van der Waals surface area (Å²) in [6, 6.07) is 14.5. The van der Waals surface area contributed by atoms with Crippen LogP contribution in [0.3, 0.4) is 0 Å². The molecule has 2 heterocycles. The van der Waals surface area contributed by atoms with Crippen LogP contribution in [0.15, 0.2) is 57.7 Å². The van der Waals surface area contributed by atoms with Crippen molar-refractivity contribution in [2.45, 2.75) is 58.9 Å². The number of carbonyl (C=O) groups excluding carboxylic acids is 1. The molecule has 3 aromatic carbocycles. The van der Waals surface area contributed by atoms with E-state index in [9.17, 15) is 9.59 Å². The molecule has 1 aromatic heterocycles. The Bertz CT molecular complexity index is 1720. The lowest BCUT2D eigenvalue weighted by Crippen LogP contribution is -2.31. The lowest BCUT2D eigenvalue weighted by Gasteiger charge is -2.26. The SMILES string of the molecule is CCCCCCOc1ccc(C2c3c(oc4c(C)cc(C)cc4c3=O)C(=O)N2CCc2ccc(OC)c(OC)c2)cc1OC. The summed E-state index contributed by atoms with van der Waals surface area (Å²) < 4.78 is 28.9. The predicted molar refractivity (Wildman–Crippen MR) is 171 cm³/mol. The molecule has 1 aliphatic heterocycles. The molecule has 0 spiro atoms. The van der Waals surface area contributed by atoms with E-state index in [1.807, 2.05) is 62.4 Å². The van der Waals surface area contributed by atoms with Gasteiger partial charge in [0.2, 0.25) is 5.76 Å². The molecule has 0 aliphatic carbocycles. The van der Waals surface area contributed by atoms with Gasteiger partial charge in [-0.05, 0) is 79.3 Å². The first-order valence-corrected chi connectivity index (χ1v) is 15.2. The molecule has 0 saturated heterocycles. The summed E-state index contributed by atoms with van der Waals surface area (Å²) in [5.41, 5.74) is 4.06. The second-order valence-corrected chi connectivity index (χ2v) is 11.3. The van der Waals surface area contributed by atoms with Crippen molar-refractivity contribution in [3.8, 4) is 23.0 Å². The van der Waals surface area contributed by atoms with Crippen LogP contribution in [0.1, 0.15) is 77.0 Å². The van der Waals surface area contributed by atoms with Crippen molar-refractivity contribution in [1.82, 2.24) is 4.90 Å². The van der Waals surface area contributed by atoms with E-state index < -0.39 is 6.04 Å². The second-order valence-electron chi connectivity index (χ2n) is 11.3. The summed E-state index contributed by atoms with van der Waals surface area (Å²) in [4.78, 5) is 29.9. The third-order valence-corrected chi connectivity index (χ3v) is 8.25. The van der Waals surface area contributed by atoms with Crippen LogP contribution in [0.5, 0.6) is 23.0 Å². The van der Waals surface area contributed by atoms with Crippen molar-refractivity contribution in [3.05, 3.63) is 92.3 Å². The highest BCUT2D eigenvalue weighted by molar-refractivity contribution is 5.99. The highest BCUT2D eigenvalue weighted by atomic mass is 16.5. The normalized spacial score (nSPS) is 14.2. The third-order valence-electron chi connectivity index (χ3n) is 8.25. The minimum atomic E-state index is -0.661. The lowest BCUT2D eigenvalue weighted by atomic mass is 9.96. The maximum atomic E-state index is 14.2. The molecule has 0 bridgehead atoms. The molecule has 232 valence electrons. The fraction of sp³-hybridized carbons (Fsp3) is 0.389. The standard InChI is InChI=1S/C36H41NO7/c1-7-8-9-10-17-43-28-14-12-25(21-30(28)42-6)32-31-33(38)26-19-22(2)18-23(3)34(26)44-35(31)36(39)37(32)16-15-24-11-13-27(40-4)29(20-24)41-5/h11-14,18-21,32H,7-10,15-17H2,1-6H3. The van der Waals surface area contributed by atoms with Gasteiger partial charge in [-0.2, -0.15) is 0 Å². The molecule has 0 N–H and O–H groups in total. The van der Waals surface area contributed by atoms with Gasteiger partial charge < -0.3 is 28.3 Å². The first-order valence-electron chi connectivity index (χ1n) is 15.2. The first-order chi connectivity index (χ1) is 21.3. The molecule has 44 heavy (non-hydrogen) atoms. The number of benzene rings is 3. The Morgan fingerprint density at radius 3 is 2.27 bits per heavy atom. The van der Waals surface area contributed by atoms with Crippen molar-refractivity contribution in [2.24, 2.45) is 0 Å². The summed E-state index contributed by atoms with van der Waals surface area (Å²) in [6.45, 7) is 6.95. The van der Waals surface area contributed by atoms with Gasteiger partial charge in [-0.3, -0.25) is 9.59 Å². The van der Waals surface area contributed by atoms with Gasteiger partial charge in [0.05, 0.1) is 44.9 Å². The number of ether oxygens (including phenoxy) is 4. The third kappa shape index (κ3) is 5.98. The van der Waals surface area contributed by atoms with E-state index in [2.05, 4.69) is 6.92 Å². The van der Waals surface area contributed by atoms with Gasteiger partial charge in [-0.15, -0.1) is 0 Å². The van der Waals surface area contributed by atoms with E-state index in [4.69, 9.17) is 23.4 Å². The Kier molecular flexibility index (Phi) is 9.47. The average Bonchev–Trinajstić information content (AvgIpc) is 3.31. The fourth-order valence-electron chi connectivity index (χ4n) is 6.02. The lowest BCUT2D eigenvalue weighted by molar-refractivity contribution is 0.0730. The number of methoxy groups -OCH3 is 3. The predicted octanol–water partition coefficient (Wildman–Crippen LogP) is 7.18. The molecular formula is C36H41NO7. The number of aryl methyl sites for hydroxylation is 2. The van der Waals surface area contributed by atoms with Crippen LogP contribution in [-0.2, 0) is 6.42 Å². The number of carbonyl (C=O) groups is 1. The minimum Gasteiger partial charge on any atom is -0.493 e. The van der Waals surface area contributed by atoms with E-state index in [0.29, 0.717) is 59.1 Å². The molecule has 8 nitrogen and oxygen atoms in total. The Hall–Kier alpha value is -4.46. The monoisotopic (exact) mass is 599 g/mol. The van der Waals surface area contributed by atoms with Gasteiger partial charge >= 0.3 is 0 Å². The molecular weight excluding hydrogens is 558 g/mol. The summed E-state index contributed by atoms with van der Waals surface area (Å²) >= 11 is 0. The summed E-state index contributed by atoms with van der Waals surface area (Å²) in [6.07, 6.45) is 4.92. The van der Waals surface area contributed by atoms with E-state index in [-0.39, 0.29) is 17.1 Å². The number of fused-ring (bicyclic) bond motifs is 2. The molecule has 1 unspecified atom stereocenters. The zero-order valence-electron chi connectivity index (χ0n) is 26.5. The summed E-state index contributed by atoms with van der Waals surface area (Å²) in [7, 11) is 4.78. The van der Waals surface area contributed by atoms with Crippen molar-refractivity contribution in [1.29, 1.82) is 0 Å². The topological polar surface area (TPSA) is 87.4 Å². The highest BCUT2D eigenvalue weighted by Crippen LogP contribution is 2.41. The van der Waals surface area contributed by atoms with Crippen LogP contribution in [0.4, 0.5) is 0 Å².